The van der Waals surface area contributed by atoms with E-state index < -0.39 is 11.7 Å². The van der Waals surface area contributed by atoms with Crippen LogP contribution < -0.4 is 5.32 Å². The molecule has 0 aliphatic heterocycles. The third kappa shape index (κ3) is 3.77. The fourth-order valence-corrected chi connectivity index (χ4v) is 1.48. The summed E-state index contributed by atoms with van der Waals surface area (Å²) in [6.07, 6.45) is -4.45. The minimum absolute atomic E-state index is 0.251. The van der Waals surface area contributed by atoms with Crippen molar-refractivity contribution in [1.29, 1.82) is 0 Å². The highest BCUT2D eigenvalue weighted by molar-refractivity contribution is 6.49. The Kier molecular flexibility index (Phi) is 4.40. The molecule has 1 N–H and O–H groups in total. The third-order valence-electron chi connectivity index (χ3n) is 2.21. The minimum Gasteiger partial charge on any atom is -0.326 e. The molecular weight excluding hydrogens is 267 g/mol. The largest absolute Gasteiger partial charge is 0.413 e. The number of halogens is 4. The number of carbonyl (C=O) groups excluding carboxylic acids is 1. The molecule has 0 fully saturated rings. The average molecular weight is 278 g/mol. The monoisotopic (exact) mass is 277 g/mol. The van der Waals surface area contributed by atoms with E-state index in [-0.39, 0.29) is 16.5 Å². The molecule has 0 unspecified atom stereocenters. The van der Waals surface area contributed by atoms with Gasteiger partial charge in [-0.1, -0.05) is 23.7 Å². The van der Waals surface area contributed by atoms with E-state index >= 15 is 0 Å². The molecule has 2 nitrogen and oxygen atoms in total. The van der Waals surface area contributed by atoms with E-state index in [4.69, 9.17) is 11.6 Å². The molecule has 0 radical (unpaired) electrons. The van der Waals surface area contributed by atoms with Gasteiger partial charge >= 0.3 is 6.18 Å². The minimum atomic E-state index is -4.45. The first-order valence-electron chi connectivity index (χ1n) is 5.03. The van der Waals surface area contributed by atoms with E-state index in [0.29, 0.717) is 5.69 Å². The van der Waals surface area contributed by atoms with Gasteiger partial charge in [-0.05, 0) is 24.6 Å². The highest BCUT2D eigenvalue weighted by atomic mass is 35.5. The zero-order chi connectivity index (χ0) is 13.9. The van der Waals surface area contributed by atoms with Gasteiger partial charge in [0.15, 0.2) is 0 Å². The lowest BCUT2D eigenvalue weighted by molar-refractivity contribution is -0.114. The van der Waals surface area contributed by atoms with Crippen LogP contribution in [0, 0.1) is 0 Å². The number of carbonyl (C=O) groups is 1. The fraction of sp³-hybridized carbons (Fsp3) is 0.250. The first kappa shape index (κ1) is 14.6. The lowest BCUT2D eigenvalue weighted by Crippen LogP contribution is -2.10. The summed E-state index contributed by atoms with van der Waals surface area (Å²) in [5.74, 6) is -0.254. The van der Waals surface area contributed by atoms with Gasteiger partial charge in [0.05, 0.1) is 5.03 Å². The number of nitrogens with one attached hydrogen (secondary N) is 1. The van der Waals surface area contributed by atoms with Crippen LogP contribution in [0.2, 0.25) is 0 Å². The van der Waals surface area contributed by atoms with Crippen molar-refractivity contribution in [1.82, 2.24) is 0 Å². The maximum atomic E-state index is 12.4. The lowest BCUT2D eigenvalue weighted by Gasteiger charge is -2.10. The van der Waals surface area contributed by atoms with Gasteiger partial charge in [0.2, 0.25) is 5.91 Å². The normalized spacial score (nSPS) is 13.0. The number of allylic oxidation sites excluding steroid dienone is 1. The van der Waals surface area contributed by atoms with E-state index in [1.807, 2.05) is 0 Å². The molecule has 6 heteroatoms. The van der Waals surface area contributed by atoms with E-state index in [2.05, 4.69) is 5.32 Å². The third-order valence-corrected chi connectivity index (χ3v) is 2.71. The Balaban J connectivity index is 3.02. The number of hydrogen-bond acceptors (Lipinski definition) is 1. The molecule has 1 aromatic carbocycles. The number of anilines is 1. The van der Waals surface area contributed by atoms with Gasteiger partial charge in [0.1, 0.15) is 0 Å². The van der Waals surface area contributed by atoms with Gasteiger partial charge in [-0.2, -0.15) is 13.2 Å². The van der Waals surface area contributed by atoms with Gasteiger partial charge in [-0.15, -0.1) is 0 Å². The molecule has 98 valence electrons. The second kappa shape index (κ2) is 5.44. The average Bonchev–Trinajstić information content (AvgIpc) is 2.26. The van der Waals surface area contributed by atoms with Crippen LogP contribution in [0.3, 0.4) is 0 Å². The van der Waals surface area contributed by atoms with Crippen molar-refractivity contribution in [3.05, 3.63) is 35.4 Å². The number of amides is 1. The maximum absolute atomic E-state index is 12.4. The van der Waals surface area contributed by atoms with Crippen molar-refractivity contribution >= 4 is 28.2 Å². The summed E-state index contributed by atoms with van der Waals surface area (Å²) in [5.41, 5.74) is -0.0996. The molecule has 0 heterocycles. The second-order valence-electron chi connectivity index (χ2n) is 3.70. The van der Waals surface area contributed by atoms with Crippen molar-refractivity contribution < 1.29 is 18.0 Å². The number of alkyl halides is 3. The molecule has 1 aromatic rings. The molecule has 1 rings (SSSR count). The summed E-state index contributed by atoms with van der Waals surface area (Å²) in [6, 6.07) is 5.82. The molecule has 1 amide bonds. The summed E-state index contributed by atoms with van der Waals surface area (Å²) >= 11 is 5.67. The van der Waals surface area contributed by atoms with Gasteiger partial charge in [-0.25, -0.2) is 0 Å². The Bertz CT molecular complexity index is 477. The summed E-state index contributed by atoms with van der Waals surface area (Å²) < 4.78 is 37.3. The highest BCUT2D eigenvalue weighted by Gasteiger charge is 2.32. The number of hydrogen-bond donors (Lipinski definition) is 1. The van der Waals surface area contributed by atoms with Crippen LogP contribution in [0.5, 0.6) is 0 Å². The van der Waals surface area contributed by atoms with Crippen LogP contribution in [-0.2, 0) is 4.79 Å². The van der Waals surface area contributed by atoms with E-state index in [0.717, 1.165) is 6.92 Å². The van der Waals surface area contributed by atoms with Crippen LogP contribution in [0.4, 0.5) is 18.9 Å². The Morgan fingerprint density at radius 1 is 1.17 bits per heavy atom. The van der Waals surface area contributed by atoms with Crippen LogP contribution >= 0.6 is 11.6 Å². The van der Waals surface area contributed by atoms with Crippen molar-refractivity contribution in [3.8, 4) is 0 Å². The molecule has 18 heavy (non-hydrogen) atoms. The summed E-state index contributed by atoms with van der Waals surface area (Å²) in [4.78, 5) is 10.8. The summed E-state index contributed by atoms with van der Waals surface area (Å²) in [5, 5.41) is 2.16. The molecule has 0 saturated carbocycles. The fourth-order valence-electron chi connectivity index (χ4n) is 1.24. The smallest absolute Gasteiger partial charge is 0.326 e. The van der Waals surface area contributed by atoms with Gasteiger partial charge in [0.25, 0.3) is 0 Å². The SMILES string of the molecule is CC(=O)Nc1ccc(/C(Cl)=C(/C)C(F)(F)F)cc1. The van der Waals surface area contributed by atoms with Crippen molar-refractivity contribution in [2.24, 2.45) is 0 Å². The van der Waals surface area contributed by atoms with Gasteiger partial charge < -0.3 is 5.32 Å². The van der Waals surface area contributed by atoms with Crippen LogP contribution in [0.1, 0.15) is 19.4 Å². The predicted molar refractivity (Wildman–Crippen MR) is 65.2 cm³/mol. The van der Waals surface area contributed by atoms with E-state index in [1.54, 1.807) is 0 Å². The first-order valence-corrected chi connectivity index (χ1v) is 5.41. The molecule has 0 spiro atoms. The molecular formula is C12H11ClF3NO. The second-order valence-corrected chi connectivity index (χ2v) is 4.07. The van der Waals surface area contributed by atoms with Crippen LogP contribution in [0.15, 0.2) is 29.8 Å². The predicted octanol–water partition coefficient (Wildman–Crippen LogP) is 4.18. The molecule has 0 aromatic heterocycles. The zero-order valence-corrected chi connectivity index (χ0v) is 10.5. The Labute approximate surface area is 107 Å². The zero-order valence-electron chi connectivity index (χ0n) is 9.73. The van der Waals surface area contributed by atoms with E-state index in [1.165, 1.54) is 31.2 Å². The maximum Gasteiger partial charge on any atom is 0.413 e. The standard InChI is InChI=1S/C12H11ClF3NO/c1-7(12(14,15)16)11(13)9-3-5-10(6-4-9)17-8(2)18/h3-6H,1-2H3,(H,17,18)/b11-7+. The van der Waals surface area contributed by atoms with Crippen molar-refractivity contribution in [2.45, 2.75) is 20.0 Å². The van der Waals surface area contributed by atoms with E-state index in [9.17, 15) is 18.0 Å². The molecule has 0 atom stereocenters. The first-order chi connectivity index (χ1) is 8.21. The molecule has 0 bridgehead atoms. The molecule has 0 aliphatic carbocycles. The van der Waals surface area contributed by atoms with Crippen molar-refractivity contribution in [2.75, 3.05) is 5.32 Å². The van der Waals surface area contributed by atoms with Gasteiger partial charge in [0, 0.05) is 18.2 Å². The summed E-state index contributed by atoms with van der Waals surface area (Å²) in [7, 11) is 0. The van der Waals surface area contributed by atoms with Gasteiger partial charge in [-0.3, -0.25) is 4.79 Å². The quantitative estimate of drug-likeness (QED) is 0.863. The Hall–Kier alpha value is -1.49. The topological polar surface area (TPSA) is 29.1 Å². The van der Waals surface area contributed by atoms with Crippen LogP contribution in [-0.4, -0.2) is 12.1 Å². The Morgan fingerprint density at radius 3 is 2.06 bits per heavy atom. The molecule has 0 saturated heterocycles. The Morgan fingerprint density at radius 2 is 1.67 bits per heavy atom. The van der Waals surface area contributed by atoms with Crippen molar-refractivity contribution in [3.63, 3.8) is 0 Å². The molecule has 0 aliphatic rings. The summed E-state index contributed by atoms with van der Waals surface area (Å²) in [6.45, 7) is 2.26. The van der Waals surface area contributed by atoms with Crippen LogP contribution in [0.25, 0.3) is 5.03 Å². The lowest BCUT2D eigenvalue weighted by atomic mass is 10.1. The number of benzene rings is 1. The number of rotatable bonds is 2. The highest BCUT2D eigenvalue weighted by Crippen LogP contribution is 2.34.